The summed E-state index contributed by atoms with van der Waals surface area (Å²) in [6.07, 6.45) is 0. The first-order valence-corrected chi connectivity index (χ1v) is 6.92. The predicted octanol–water partition coefficient (Wildman–Crippen LogP) is 3.03. The quantitative estimate of drug-likeness (QED) is 0.848. The van der Waals surface area contributed by atoms with Crippen LogP contribution >= 0.6 is 0 Å². The number of phenols is 1. The van der Waals surface area contributed by atoms with E-state index in [0.29, 0.717) is 17.8 Å². The van der Waals surface area contributed by atoms with Gasteiger partial charge in [0, 0.05) is 23.8 Å². The van der Waals surface area contributed by atoms with E-state index in [-0.39, 0.29) is 17.7 Å². The molecule has 0 bridgehead atoms. The smallest absolute Gasteiger partial charge is 0.254 e. The number of hydrogen-bond acceptors (Lipinski definition) is 3. The van der Waals surface area contributed by atoms with Crippen molar-refractivity contribution >= 4 is 11.6 Å². The fourth-order valence-corrected chi connectivity index (χ4v) is 2.08. The molecule has 0 saturated heterocycles. The van der Waals surface area contributed by atoms with Crippen LogP contribution in [0, 0.1) is 0 Å². The Balaban J connectivity index is 2.20. The van der Waals surface area contributed by atoms with Crippen molar-refractivity contribution in [1.29, 1.82) is 0 Å². The van der Waals surface area contributed by atoms with Gasteiger partial charge in [-0.25, -0.2) is 0 Å². The molecule has 0 atom stereocenters. The number of benzene rings is 2. The molecular formula is C17H20N2O2. The highest BCUT2D eigenvalue weighted by atomic mass is 16.3. The lowest BCUT2D eigenvalue weighted by Gasteiger charge is -2.27. The Morgan fingerprint density at radius 1 is 1.10 bits per heavy atom. The van der Waals surface area contributed by atoms with Gasteiger partial charge >= 0.3 is 0 Å². The fraction of sp³-hybridized carbons (Fsp3) is 0.235. The summed E-state index contributed by atoms with van der Waals surface area (Å²) in [5, 5.41) is 9.31. The molecule has 0 saturated carbocycles. The van der Waals surface area contributed by atoms with Crippen molar-refractivity contribution in [3.8, 4) is 5.75 Å². The molecule has 0 aliphatic heterocycles. The minimum Gasteiger partial charge on any atom is -0.508 e. The fourth-order valence-electron chi connectivity index (χ4n) is 2.08. The highest BCUT2D eigenvalue weighted by molar-refractivity contribution is 5.94. The van der Waals surface area contributed by atoms with Gasteiger partial charge in [-0.15, -0.1) is 0 Å². The number of amides is 1. The zero-order valence-electron chi connectivity index (χ0n) is 12.3. The Labute approximate surface area is 124 Å². The molecule has 1 amide bonds. The van der Waals surface area contributed by atoms with Crippen molar-refractivity contribution < 1.29 is 9.90 Å². The lowest BCUT2D eigenvalue weighted by molar-refractivity contribution is 0.0690. The summed E-state index contributed by atoms with van der Waals surface area (Å²) >= 11 is 0. The van der Waals surface area contributed by atoms with Gasteiger partial charge in [-0.2, -0.15) is 0 Å². The number of carbonyl (C=O) groups is 1. The van der Waals surface area contributed by atoms with E-state index in [9.17, 15) is 9.90 Å². The Kier molecular flexibility index (Phi) is 4.48. The minimum atomic E-state index is -0.0539. The molecule has 0 unspecified atom stereocenters. The van der Waals surface area contributed by atoms with Crippen molar-refractivity contribution in [2.75, 3.05) is 5.73 Å². The normalized spacial score (nSPS) is 10.6. The van der Waals surface area contributed by atoms with E-state index in [1.807, 2.05) is 38.1 Å². The third-order valence-electron chi connectivity index (χ3n) is 3.33. The van der Waals surface area contributed by atoms with E-state index < -0.39 is 0 Å². The number of carbonyl (C=O) groups excluding carboxylic acids is 1. The maximum absolute atomic E-state index is 12.6. The van der Waals surface area contributed by atoms with Crippen LogP contribution in [-0.4, -0.2) is 22.0 Å². The standard InChI is InChI=1S/C17H20N2O2/c1-12(2)19(11-13-3-7-15(18)8-4-13)17(21)14-5-9-16(20)10-6-14/h3-10,12,20H,11,18H2,1-2H3. The molecule has 2 rings (SSSR count). The number of phenolic OH excluding ortho intramolecular Hbond substituents is 1. The van der Waals surface area contributed by atoms with Crippen LogP contribution in [0.1, 0.15) is 29.8 Å². The molecule has 0 fully saturated rings. The minimum absolute atomic E-state index is 0.0539. The summed E-state index contributed by atoms with van der Waals surface area (Å²) in [4.78, 5) is 14.4. The second-order valence-corrected chi connectivity index (χ2v) is 5.32. The molecule has 21 heavy (non-hydrogen) atoms. The van der Waals surface area contributed by atoms with Crippen LogP contribution in [0.4, 0.5) is 5.69 Å². The summed E-state index contributed by atoms with van der Waals surface area (Å²) in [5.41, 5.74) is 7.99. The molecule has 4 heteroatoms. The van der Waals surface area contributed by atoms with Crippen molar-refractivity contribution in [2.24, 2.45) is 0 Å². The largest absolute Gasteiger partial charge is 0.508 e. The Bertz CT molecular complexity index is 604. The second-order valence-electron chi connectivity index (χ2n) is 5.32. The van der Waals surface area contributed by atoms with Gasteiger partial charge in [0.15, 0.2) is 0 Å². The number of nitrogen functional groups attached to an aromatic ring is 1. The number of aromatic hydroxyl groups is 1. The van der Waals surface area contributed by atoms with Gasteiger partial charge in [0.25, 0.3) is 5.91 Å². The van der Waals surface area contributed by atoms with Crippen LogP contribution in [-0.2, 0) is 6.54 Å². The van der Waals surface area contributed by atoms with Gasteiger partial charge in [-0.3, -0.25) is 4.79 Å². The molecule has 4 nitrogen and oxygen atoms in total. The summed E-state index contributed by atoms with van der Waals surface area (Å²) in [7, 11) is 0. The van der Waals surface area contributed by atoms with E-state index in [0.717, 1.165) is 5.56 Å². The lowest BCUT2D eigenvalue weighted by Crippen LogP contribution is -2.36. The van der Waals surface area contributed by atoms with Crippen LogP contribution in [0.15, 0.2) is 48.5 Å². The summed E-state index contributed by atoms with van der Waals surface area (Å²) in [6.45, 7) is 4.49. The molecule has 0 spiro atoms. The third-order valence-corrected chi connectivity index (χ3v) is 3.33. The topological polar surface area (TPSA) is 66.6 Å². The second kappa shape index (κ2) is 6.31. The third kappa shape index (κ3) is 3.75. The molecule has 0 radical (unpaired) electrons. The molecule has 0 aliphatic rings. The molecule has 3 N–H and O–H groups in total. The first-order valence-electron chi connectivity index (χ1n) is 6.92. The highest BCUT2D eigenvalue weighted by Crippen LogP contribution is 2.16. The van der Waals surface area contributed by atoms with Crippen LogP contribution in [0.2, 0.25) is 0 Å². The number of hydrogen-bond donors (Lipinski definition) is 2. The van der Waals surface area contributed by atoms with E-state index in [4.69, 9.17) is 5.73 Å². The molecule has 0 aromatic heterocycles. The maximum atomic E-state index is 12.6. The number of anilines is 1. The average molecular weight is 284 g/mol. The Morgan fingerprint density at radius 3 is 2.19 bits per heavy atom. The number of nitrogens with two attached hydrogens (primary N) is 1. The summed E-state index contributed by atoms with van der Waals surface area (Å²) in [5.74, 6) is 0.100. The van der Waals surface area contributed by atoms with Crippen molar-refractivity contribution in [3.63, 3.8) is 0 Å². The van der Waals surface area contributed by atoms with Crippen molar-refractivity contribution in [3.05, 3.63) is 59.7 Å². The molecule has 0 aliphatic carbocycles. The first-order chi connectivity index (χ1) is 9.97. The van der Waals surface area contributed by atoms with Crippen LogP contribution in [0.25, 0.3) is 0 Å². The highest BCUT2D eigenvalue weighted by Gasteiger charge is 2.19. The molecular weight excluding hydrogens is 264 g/mol. The summed E-state index contributed by atoms with van der Waals surface area (Å²) in [6, 6.07) is 13.9. The lowest BCUT2D eigenvalue weighted by atomic mass is 10.1. The van der Waals surface area contributed by atoms with Gasteiger partial charge in [0.2, 0.25) is 0 Å². The van der Waals surface area contributed by atoms with Crippen LogP contribution in [0.3, 0.4) is 0 Å². The van der Waals surface area contributed by atoms with Crippen LogP contribution in [0.5, 0.6) is 5.75 Å². The van der Waals surface area contributed by atoms with Gasteiger partial charge in [0.1, 0.15) is 5.75 Å². The van der Waals surface area contributed by atoms with E-state index >= 15 is 0 Å². The van der Waals surface area contributed by atoms with E-state index in [2.05, 4.69) is 0 Å². The van der Waals surface area contributed by atoms with Gasteiger partial charge in [-0.1, -0.05) is 12.1 Å². The van der Waals surface area contributed by atoms with Gasteiger partial charge < -0.3 is 15.7 Å². The molecule has 0 heterocycles. The average Bonchev–Trinajstić information content (AvgIpc) is 2.46. The Hall–Kier alpha value is -2.49. The first kappa shape index (κ1) is 14.9. The van der Waals surface area contributed by atoms with Gasteiger partial charge in [0.05, 0.1) is 0 Å². The van der Waals surface area contributed by atoms with Crippen molar-refractivity contribution in [2.45, 2.75) is 26.4 Å². The monoisotopic (exact) mass is 284 g/mol. The van der Waals surface area contributed by atoms with E-state index in [1.165, 1.54) is 12.1 Å². The zero-order valence-corrected chi connectivity index (χ0v) is 12.3. The maximum Gasteiger partial charge on any atom is 0.254 e. The summed E-state index contributed by atoms with van der Waals surface area (Å²) < 4.78 is 0. The SMILES string of the molecule is CC(C)N(Cc1ccc(N)cc1)C(=O)c1ccc(O)cc1. The van der Waals surface area contributed by atoms with E-state index in [1.54, 1.807) is 17.0 Å². The molecule has 110 valence electrons. The van der Waals surface area contributed by atoms with Gasteiger partial charge in [-0.05, 0) is 55.8 Å². The van der Waals surface area contributed by atoms with Crippen molar-refractivity contribution in [1.82, 2.24) is 4.90 Å². The van der Waals surface area contributed by atoms with Crippen LogP contribution < -0.4 is 5.73 Å². The molecule has 2 aromatic rings. The zero-order chi connectivity index (χ0) is 15.4. The predicted molar refractivity (Wildman–Crippen MR) is 84.0 cm³/mol. The number of nitrogens with zero attached hydrogens (tertiary/aromatic N) is 1. The number of rotatable bonds is 4. The Morgan fingerprint density at radius 2 is 1.67 bits per heavy atom. The molecule has 2 aromatic carbocycles.